The fraction of sp³-hybridized carbons (Fsp3) is 0.278. The van der Waals surface area contributed by atoms with Gasteiger partial charge in [-0.05, 0) is 43.0 Å². The topological polar surface area (TPSA) is 72.8 Å². The average Bonchev–Trinajstić information content (AvgIpc) is 3.22. The van der Waals surface area contributed by atoms with Gasteiger partial charge >= 0.3 is 5.97 Å². The highest BCUT2D eigenvalue weighted by Gasteiger charge is 2.28. The van der Waals surface area contributed by atoms with Crippen molar-refractivity contribution in [2.75, 3.05) is 7.11 Å². The number of fused-ring (bicyclic) bond motifs is 1. The van der Waals surface area contributed by atoms with Crippen molar-refractivity contribution in [3.05, 3.63) is 47.5 Å². The highest BCUT2D eigenvalue weighted by Crippen LogP contribution is 2.42. The van der Waals surface area contributed by atoms with Crippen molar-refractivity contribution in [3.63, 3.8) is 0 Å². The lowest BCUT2D eigenvalue weighted by molar-refractivity contribution is -0.133. The van der Waals surface area contributed by atoms with Gasteiger partial charge in [0, 0.05) is 24.2 Å². The summed E-state index contributed by atoms with van der Waals surface area (Å²) < 4.78 is 6.77. The third kappa shape index (κ3) is 2.50. The van der Waals surface area contributed by atoms with Gasteiger partial charge < -0.3 is 9.72 Å². The maximum absolute atomic E-state index is 12.4. The Morgan fingerprint density at radius 2 is 2.21 bits per heavy atom. The zero-order valence-electron chi connectivity index (χ0n) is 13.6. The van der Waals surface area contributed by atoms with Gasteiger partial charge in [-0.1, -0.05) is 0 Å². The van der Waals surface area contributed by atoms with Crippen molar-refractivity contribution >= 4 is 28.7 Å². The Balaban J connectivity index is 1.85. The van der Waals surface area contributed by atoms with E-state index in [4.69, 9.17) is 4.74 Å². The van der Waals surface area contributed by atoms with E-state index in [0.717, 1.165) is 16.7 Å². The molecule has 1 saturated carbocycles. The van der Waals surface area contributed by atoms with Crippen molar-refractivity contribution in [2.45, 2.75) is 18.8 Å². The zero-order valence-corrected chi connectivity index (χ0v) is 13.6. The Morgan fingerprint density at radius 3 is 2.96 bits per heavy atom. The zero-order chi connectivity index (χ0) is 16.7. The first kappa shape index (κ1) is 14.7. The molecule has 3 heterocycles. The standard InChI is InChI=1S/C18H18N4O2/c1-22-16(14(10-20-22)11-3-4-11)9-13(18(23)24-2)15-6-5-12-7-8-19-17(12)21-15/h5-11H,3-4H2,1-2H3,(H,19,21). The summed E-state index contributed by atoms with van der Waals surface area (Å²) >= 11 is 0. The predicted molar refractivity (Wildman–Crippen MR) is 91.2 cm³/mol. The van der Waals surface area contributed by atoms with Crippen LogP contribution in [0, 0.1) is 0 Å². The first-order chi connectivity index (χ1) is 11.7. The quantitative estimate of drug-likeness (QED) is 0.592. The number of ether oxygens (including phenoxy) is 1. The molecular formula is C18H18N4O2. The Hall–Kier alpha value is -2.89. The monoisotopic (exact) mass is 322 g/mol. The molecule has 6 nitrogen and oxygen atoms in total. The largest absolute Gasteiger partial charge is 0.465 e. The molecule has 0 spiro atoms. The molecule has 4 rings (SSSR count). The smallest absolute Gasteiger partial charge is 0.340 e. The molecule has 0 aromatic carbocycles. The fourth-order valence-corrected chi connectivity index (χ4v) is 2.91. The minimum absolute atomic E-state index is 0.406. The maximum Gasteiger partial charge on any atom is 0.340 e. The van der Waals surface area contributed by atoms with Crippen LogP contribution in [0.3, 0.4) is 0 Å². The van der Waals surface area contributed by atoms with Crippen LogP contribution in [0.1, 0.15) is 35.7 Å². The van der Waals surface area contributed by atoms with Gasteiger partial charge in [0.1, 0.15) is 5.65 Å². The lowest BCUT2D eigenvalue weighted by Crippen LogP contribution is -2.07. The SMILES string of the molecule is COC(=O)C(=Cc1c(C2CC2)cnn1C)c1ccc2cc[nH]c2n1. The van der Waals surface area contributed by atoms with E-state index in [9.17, 15) is 4.79 Å². The molecule has 3 aromatic heterocycles. The summed E-state index contributed by atoms with van der Waals surface area (Å²) in [5.41, 5.74) is 3.88. The number of hydrogen-bond donors (Lipinski definition) is 1. The first-order valence-corrected chi connectivity index (χ1v) is 7.94. The Labute approximate surface area is 139 Å². The number of pyridine rings is 1. The highest BCUT2D eigenvalue weighted by molar-refractivity contribution is 6.21. The number of H-pyrrole nitrogens is 1. The van der Waals surface area contributed by atoms with Gasteiger partial charge in [0.05, 0.1) is 30.3 Å². The van der Waals surface area contributed by atoms with E-state index in [-0.39, 0.29) is 0 Å². The van der Waals surface area contributed by atoms with E-state index in [1.54, 1.807) is 4.68 Å². The summed E-state index contributed by atoms with van der Waals surface area (Å²) in [6.07, 6.45) is 7.90. The van der Waals surface area contributed by atoms with Gasteiger partial charge in [-0.2, -0.15) is 5.10 Å². The van der Waals surface area contributed by atoms with Crippen LogP contribution >= 0.6 is 0 Å². The van der Waals surface area contributed by atoms with Gasteiger partial charge in [0.15, 0.2) is 0 Å². The van der Waals surface area contributed by atoms with E-state index in [1.807, 2.05) is 43.7 Å². The van der Waals surface area contributed by atoms with Crippen LogP contribution in [0.15, 0.2) is 30.6 Å². The summed E-state index contributed by atoms with van der Waals surface area (Å²) in [6.45, 7) is 0. The molecule has 1 N–H and O–H groups in total. The van der Waals surface area contributed by atoms with E-state index in [0.29, 0.717) is 17.2 Å². The third-order valence-corrected chi connectivity index (χ3v) is 4.40. The van der Waals surface area contributed by atoms with Gasteiger partial charge in [0.2, 0.25) is 0 Å². The van der Waals surface area contributed by atoms with Crippen molar-refractivity contribution < 1.29 is 9.53 Å². The molecule has 0 amide bonds. The third-order valence-electron chi connectivity index (χ3n) is 4.40. The molecule has 0 unspecified atom stereocenters. The Kier molecular flexibility index (Phi) is 3.45. The number of hydrogen-bond acceptors (Lipinski definition) is 4. The molecular weight excluding hydrogens is 304 g/mol. The predicted octanol–water partition coefficient (Wildman–Crippen LogP) is 2.89. The molecule has 0 atom stereocenters. The lowest BCUT2D eigenvalue weighted by atomic mass is 10.1. The number of nitrogens with one attached hydrogen (secondary N) is 1. The summed E-state index contributed by atoms with van der Waals surface area (Å²) in [4.78, 5) is 20.0. The molecule has 0 bridgehead atoms. The number of methoxy groups -OCH3 is 1. The molecule has 6 heteroatoms. The van der Waals surface area contributed by atoms with Crippen molar-refractivity contribution in [1.82, 2.24) is 19.7 Å². The number of rotatable bonds is 4. The second-order valence-corrected chi connectivity index (χ2v) is 6.04. The number of carbonyl (C=O) groups excluding carboxylic acids is 1. The molecule has 1 aliphatic carbocycles. The van der Waals surface area contributed by atoms with Crippen LogP contribution < -0.4 is 0 Å². The Morgan fingerprint density at radius 1 is 1.38 bits per heavy atom. The normalized spacial score (nSPS) is 15.0. The van der Waals surface area contributed by atoms with E-state index < -0.39 is 5.97 Å². The summed E-state index contributed by atoms with van der Waals surface area (Å²) in [7, 11) is 3.27. The van der Waals surface area contributed by atoms with E-state index >= 15 is 0 Å². The number of carbonyl (C=O) groups is 1. The fourth-order valence-electron chi connectivity index (χ4n) is 2.91. The first-order valence-electron chi connectivity index (χ1n) is 7.94. The summed E-state index contributed by atoms with van der Waals surface area (Å²) in [5.74, 6) is 0.138. The molecule has 0 aliphatic heterocycles. The molecule has 1 aliphatic rings. The molecule has 3 aromatic rings. The van der Waals surface area contributed by atoms with Gasteiger partial charge in [0.25, 0.3) is 0 Å². The number of aromatic amines is 1. The van der Waals surface area contributed by atoms with Crippen LogP contribution in [-0.4, -0.2) is 32.8 Å². The van der Waals surface area contributed by atoms with Crippen LogP contribution in [-0.2, 0) is 16.6 Å². The summed E-state index contributed by atoms with van der Waals surface area (Å²) in [5, 5.41) is 5.35. The van der Waals surface area contributed by atoms with Crippen LogP contribution in [0.2, 0.25) is 0 Å². The maximum atomic E-state index is 12.4. The highest BCUT2D eigenvalue weighted by atomic mass is 16.5. The van der Waals surface area contributed by atoms with E-state index in [1.165, 1.54) is 25.5 Å². The van der Waals surface area contributed by atoms with Crippen LogP contribution in [0.4, 0.5) is 0 Å². The van der Waals surface area contributed by atoms with Crippen molar-refractivity contribution in [2.24, 2.45) is 7.05 Å². The molecule has 0 radical (unpaired) electrons. The minimum atomic E-state index is -0.406. The number of aromatic nitrogens is 4. The number of nitrogens with zero attached hydrogens (tertiary/aromatic N) is 3. The van der Waals surface area contributed by atoms with Gasteiger partial charge in [-0.15, -0.1) is 0 Å². The Bertz CT molecular complexity index is 947. The van der Waals surface area contributed by atoms with Crippen molar-refractivity contribution in [3.8, 4) is 0 Å². The van der Waals surface area contributed by atoms with Crippen LogP contribution in [0.5, 0.6) is 0 Å². The molecule has 24 heavy (non-hydrogen) atoms. The second-order valence-electron chi connectivity index (χ2n) is 6.04. The average molecular weight is 322 g/mol. The van der Waals surface area contributed by atoms with Crippen molar-refractivity contribution in [1.29, 1.82) is 0 Å². The van der Waals surface area contributed by atoms with Crippen LogP contribution in [0.25, 0.3) is 22.7 Å². The molecule has 1 fully saturated rings. The lowest BCUT2D eigenvalue weighted by Gasteiger charge is -2.07. The summed E-state index contributed by atoms with van der Waals surface area (Å²) in [6, 6.07) is 5.72. The van der Waals surface area contributed by atoms with E-state index in [2.05, 4.69) is 15.1 Å². The molecule has 0 saturated heterocycles. The number of aryl methyl sites for hydroxylation is 1. The minimum Gasteiger partial charge on any atom is -0.465 e. The second kappa shape index (κ2) is 5.63. The van der Waals surface area contributed by atoms with Gasteiger partial charge in [-0.3, -0.25) is 4.68 Å². The molecule has 122 valence electrons. The van der Waals surface area contributed by atoms with Gasteiger partial charge in [-0.25, -0.2) is 9.78 Å². The number of esters is 1.